The lowest BCUT2D eigenvalue weighted by atomic mass is 10.1. The number of ether oxygens (including phenoxy) is 2. The van der Waals surface area contributed by atoms with Crippen molar-refractivity contribution in [1.29, 1.82) is 0 Å². The zero-order chi connectivity index (χ0) is 23.9. The summed E-state index contributed by atoms with van der Waals surface area (Å²) in [7, 11) is 0. The number of aliphatic hydroxyl groups excluding tert-OH is 1. The van der Waals surface area contributed by atoms with Crippen LogP contribution in [0, 0.1) is 0 Å². The number of hydrogen-bond acceptors (Lipinski definition) is 6. The van der Waals surface area contributed by atoms with Crippen molar-refractivity contribution in [1.82, 2.24) is 5.32 Å². The average molecular weight is 499 g/mol. The van der Waals surface area contributed by atoms with Gasteiger partial charge >= 0.3 is 0 Å². The monoisotopic (exact) mass is 498 g/mol. The Morgan fingerprint density at radius 2 is 1.70 bits per heavy atom. The van der Waals surface area contributed by atoms with Crippen molar-refractivity contribution in [2.24, 2.45) is 0 Å². The van der Waals surface area contributed by atoms with Crippen molar-refractivity contribution >= 4 is 35.3 Å². The third-order valence-electron chi connectivity index (χ3n) is 5.03. The van der Waals surface area contributed by atoms with Crippen molar-refractivity contribution in [2.45, 2.75) is 38.4 Å². The van der Waals surface area contributed by atoms with Crippen LogP contribution in [0.15, 0.2) is 36.4 Å². The number of aliphatic hydroxyl groups is 1. The number of amides is 1. The average Bonchev–Trinajstić information content (AvgIpc) is 2.80. The molecule has 0 fully saturated rings. The summed E-state index contributed by atoms with van der Waals surface area (Å²) in [6.07, 6.45) is 3.89. The molecule has 1 atom stereocenters. The normalized spacial score (nSPS) is 12.0. The Balaban J connectivity index is 1.43. The van der Waals surface area contributed by atoms with E-state index in [0.717, 1.165) is 37.8 Å². The molecule has 0 aliphatic carbocycles. The molecule has 7 nitrogen and oxygen atoms in total. The number of hydrogen-bond donors (Lipinski definition) is 4. The maximum absolute atomic E-state index is 10.6. The van der Waals surface area contributed by atoms with E-state index < -0.39 is 6.10 Å². The highest BCUT2D eigenvalue weighted by Gasteiger charge is 2.10. The molecule has 0 aliphatic heterocycles. The van der Waals surface area contributed by atoms with Gasteiger partial charge in [-0.1, -0.05) is 48.2 Å². The van der Waals surface area contributed by atoms with Gasteiger partial charge in [0.05, 0.1) is 31.6 Å². The highest BCUT2D eigenvalue weighted by molar-refractivity contribution is 6.35. The highest BCUT2D eigenvalue weighted by Crippen LogP contribution is 2.26. The van der Waals surface area contributed by atoms with Crippen molar-refractivity contribution in [3.63, 3.8) is 0 Å². The zero-order valence-electron chi connectivity index (χ0n) is 18.6. The number of phenols is 1. The number of nitrogens with one attached hydrogen (secondary N) is 2. The van der Waals surface area contributed by atoms with Crippen LogP contribution < -0.4 is 10.6 Å². The predicted molar refractivity (Wildman–Crippen MR) is 131 cm³/mol. The van der Waals surface area contributed by atoms with E-state index in [1.165, 1.54) is 6.07 Å². The lowest BCUT2D eigenvalue weighted by Crippen LogP contribution is -2.22. The van der Waals surface area contributed by atoms with Gasteiger partial charge in [-0.15, -0.1) is 0 Å². The maximum Gasteiger partial charge on any atom is 0.211 e. The molecule has 0 heterocycles. The Morgan fingerprint density at radius 1 is 0.970 bits per heavy atom. The number of aromatic hydroxyl groups is 1. The van der Waals surface area contributed by atoms with E-state index >= 15 is 0 Å². The van der Waals surface area contributed by atoms with E-state index in [4.69, 9.17) is 32.7 Å². The molecule has 0 saturated heterocycles. The minimum Gasteiger partial charge on any atom is -0.506 e. The first kappa shape index (κ1) is 27.4. The molecule has 0 radical (unpaired) electrons. The third kappa shape index (κ3) is 10.3. The molecule has 2 aromatic carbocycles. The molecule has 1 amide bonds. The van der Waals surface area contributed by atoms with Crippen LogP contribution in [0.25, 0.3) is 0 Å². The number of rotatable bonds is 17. The Labute approximate surface area is 205 Å². The molecule has 1 unspecified atom stereocenters. The second kappa shape index (κ2) is 15.9. The van der Waals surface area contributed by atoms with Crippen molar-refractivity contribution in [3.8, 4) is 5.75 Å². The Hall–Kier alpha value is -1.87. The lowest BCUT2D eigenvalue weighted by molar-refractivity contribution is -0.105. The van der Waals surface area contributed by atoms with Crippen molar-refractivity contribution in [3.05, 3.63) is 57.6 Å². The van der Waals surface area contributed by atoms with Gasteiger partial charge in [-0.25, -0.2) is 0 Å². The topological polar surface area (TPSA) is 100 Å². The number of benzene rings is 2. The van der Waals surface area contributed by atoms with E-state index in [1.807, 2.05) is 0 Å². The van der Waals surface area contributed by atoms with Gasteiger partial charge in [0.2, 0.25) is 6.41 Å². The van der Waals surface area contributed by atoms with E-state index in [-0.39, 0.29) is 11.4 Å². The molecule has 9 heteroatoms. The number of halogens is 2. The Morgan fingerprint density at radius 3 is 2.45 bits per heavy atom. The number of carbonyl (C=O) groups is 1. The van der Waals surface area contributed by atoms with E-state index in [1.54, 1.807) is 30.3 Å². The molecule has 2 aromatic rings. The summed E-state index contributed by atoms with van der Waals surface area (Å²) in [5.41, 5.74) is 1.70. The number of carbonyl (C=O) groups excluding carboxylic acids is 1. The fourth-order valence-electron chi connectivity index (χ4n) is 3.17. The van der Waals surface area contributed by atoms with Crippen LogP contribution in [-0.4, -0.2) is 49.5 Å². The highest BCUT2D eigenvalue weighted by atomic mass is 35.5. The molecule has 0 aromatic heterocycles. The summed E-state index contributed by atoms with van der Waals surface area (Å²) in [6, 6.07) is 10.0. The van der Waals surface area contributed by atoms with Gasteiger partial charge in [0.1, 0.15) is 5.75 Å². The number of anilines is 1. The standard InChI is InChI=1S/C24H32Cl2N2O5/c25-20-6-5-7-21(26)19(20)16-33-13-12-32-11-4-2-1-3-10-27-15-24(31)18-8-9-23(30)22(14-18)28-17-29/h5-9,14,17,24,27,30-31H,1-4,10-13,15-16H2,(H,28,29). The summed E-state index contributed by atoms with van der Waals surface area (Å²) >= 11 is 12.2. The summed E-state index contributed by atoms with van der Waals surface area (Å²) in [4.78, 5) is 10.6. The quantitative estimate of drug-likeness (QED) is 0.143. The van der Waals surface area contributed by atoms with Gasteiger partial charge in [0.15, 0.2) is 0 Å². The molecule has 182 valence electrons. The van der Waals surface area contributed by atoms with E-state index in [2.05, 4.69) is 10.6 Å². The molecule has 2 rings (SSSR count). The Bertz CT molecular complexity index is 833. The first-order valence-electron chi connectivity index (χ1n) is 11.0. The molecular weight excluding hydrogens is 467 g/mol. The minimum absolute atomic E-state index is 0.0375. The van der Waals surface area contributed by atoms with Crippen LogP contribution in [-0.2, 0) is 20.9 Å². The fraction of sp³-hybridized carbons (Fsp3) is 0.458. The van der Waals surface area contributed by atoms with Crippen LogP contribution in [0.3, 0.4) is 0 Å². The van der Waals surface area contributed by atoms with Crippen LogP contribution >= 0.6 is 23.2 Å². The molecule has 0 bridgehead atoms. The largest absolute Gasteiger partial charge is 0.506 e. The molecular formula is C24H32Cl2N2O5. The van der Waals surface area contributed by atoms with Crippen molar-refractivity contribution in [2.75, 3.05) is 38.2 Å². The SMILES string of the molecule is O=CNc1cc(C(O)CNCCCCCCOCCOCc2c(Cl)cccc2Cl)ccc1O. The second-order valence-corrected chi connectivity index (χ2v) is 8.35. The smallest absolute Gasteiger partial charge is 0.211 e. The summed E-state index contributed by atoms with van der Waals surface area (Å²) < 4.78 is 11.2. The first-order chi connectivity index (χ1) is 16.0. The summed E-state index contributed by atoms with van der Waals surface area (Å²) in [5.74, 6) is -0.0375. The lowest BCUT2D eigenvalue weighted by Gasteiger charge is -2.14. The van der Waals surface area contributed by atoms with Gasteiger partial charge in [0.25, 0.3) is 0 Å². The summed E-state index contributed by atoms with van der Waals surface area (Å²) in [6.45, 7) is 3.28. The molecule has 0 spiro atoms. The maximum atomic E-state index is 10.6. The summed E-state index contributed by atoms with van der Waals surface area (Å²) in [5, 5.41) is 26.8. The number of phenolic OH excluding ortho intramolecular Hbond substituents is 1. The minimum atomic E-state index is -0.720. The molecule has 0 aliphatic rings. The zero-order valence-corrected chi connectivity index (χ0v) is 20.1. The molecule has 33 heavy (non-hydrogen) atoms. The van der Waals surface area contributed by atoms with Gasteiger partial charge in [-0.3, -0.25) is 4.79 Å². The van der Waals surface area contributed by atoms with Crippen LogP contribution in [0.5, 0.6) is 5.75 Å². The van der Waals surface area contributed by atoms with Gasteiger partial charge < -0.3 is 30.3 Å². The van der Waals surface area contributed by atoms with Crippen LogP contribution in [0.4, 0.5) is 5.69 Å². The van der Waals surface area contributed by atoms with E-state index in [0.29, 0.717) is 55.0 Å². The predicted octanol–water partition coefficient (Wildman–Crippen LogP) is 4.68. The van der Waals surface area contributed by atoms with Gasteiger partial charge in [-0.2, -0.15) is 0 Å². The van der Waals surface area contributed by atoms with Crippen LogP contribution in [0.1, 0.15) is 42.9 Å². The number of unbranched alkanes of at least 4 members (excludes halogenated alkanes) is 3. The third-order valence-corrected chi connectivity index (χ3v) is 5.74. The molecule has 0 saturated carbocycles. The van der Waals surface area contributed by atoms with Gasteiger partial charge in [-0.05, 0) is 49.2 Å². The Kier molecular flexibility index (Phi) is 13.2. The first-order valence-corrected chi connectivity index (χ1v) is 11.8. The van der Waals surface area contributed by atoms with Crippen molar-refractivity contribution < 1.29 is 24.5 Å². The van der Waals surface area contributed by atoms with Gasteiger partial charge in [0, 0.05) is 28.8 Å². The molecule has 4 N–H and O–H groups in total. The van der Waals surface area contributed by atoms with Crippen LogP contribution in [0.2, 0.25) is 10.0 Å². The van der Waals surface area contributed by atoms with E-state index in [9.17, 15) is 15.0 Å². The fourth-order valence-corrected chi connectivity index (χ4v) is 3.68. The second-order valence-electron chi connectivity index (χ2n) is 7.54.